The van der Waals surface area contributed by atoms with Crippen molar-refractivity contribution in [3.63, 3.8) is 0 Å². The first-order chi connectivity index (χ1) is 25.5. The van der Waals surface area contributed by atoms with E-state index in [0.717, 1.165) is 57.8 Å². The second-order valence-electron chi connectivity index (χ2n) is 15.7. The average molecular weight is 737 g/mol. The molecule has 6 heteroatoms. The maximum absolute atomic E-state index is 12.7. The second kappa shape index (κ2) is 42.2. The van der Waals surface area contributed by atoms with E-state index in [4.69, 9.17) is 14.2 Å². The summed E-state index contributed by atoms with van der Waals surface area (Å²) in [5.74, 6) is -0.852. The molecule has 52 heavy (non-hydrogen) atoms. The Balaban J connectivity index is 4.32. The van der Waals surface area contributed by atoms with E-state index in [1.165, 1.54) is 161 Å². The Labute approximate surface area is 323 Å². The van der Waals surface area contributed by atoms with Gasteiger partial charge < -0.3 is 14.2 Å². The zero-order chi connectivity index (χ0) is 38.0. The van der Waals surface area contributed by atoms with Gasteiger partial charge in [0.1, 0.15) is 13.2 Å². The number of unbranched alkanes of at least 4 members (excludes halogenated alkanes) is 31. The van der Waals surface area contributed by atoms with Gasteiger partial charge in [0.25, 0.3) is 0 Å². The van der Waals surface area contributed by atoms with E-state index in [0.29, 0.717) is 19.3 Å². The molecule has 0 aromatic carbocycles. The monoisotopic (exact) mass is 737 g/mol. The van der Waals surface area contributed by atoms with Gasteiger partial charge in [0.15, 0.2) is 6.10 Å². The molecular formula is C46H88O6. The summed E-state index contributed by atoms with van der Waals surface area (Å²) >= 11 is 0. The number of ether oxygens (including phenoxy) is 3. The molecular weight excluding hydrogens is 648 g/mol. The highest BCUT2D eigenvalue weighted by molar-refractivity contribution is 5.71. The largest absolute Gasteiger partial charge is 0.462 e. The third-order valence-corrected chi connectivity index (χ3v) is 10.4. The van der Waals surface area contributed by atoms with Crippen molar-refractivity contribution < 1.29 is 28.6 Å². The molecule has 0 aromatic heterocycles. The summed E-state index contributed by atoms with van der Waals surface area (Å²) < 4.78 is 16.7. The Morgan fingerprint density at radius 3 is 0.769 bits per heavy atom. The lowest BCUT2D eigenvalue weighted by molar-refractivity contribution is -0.167. The first kappa shape index (κ1) is 50.4. The van der Waals surface area contributed by atoms with Gasteiger partial charge in [-0.3, -0.25) is 14.4 Å². The fourth-order valence-electron chi connectivity index (χ4n) is 6.85. The zero-order valence-corrected chi connectivity index (χ0v) is 35.1. The van der Waals surface area contributed by atoms with Crippen LogP contribution >= 0.6 is 0 Å². The number of esters is 3. The van der Waals surface area contributed by atoms with Gasteiger partial charge in [-0.2, -0.15) is 0 Å². The van der Waals surface area contributed by atoms with Gasteiger partial charge in [0.05, 0.1) is 0 Å². The Kier molecular flexibility index (Phi) is 40.9. The predicted molar refractivity (Wildman–Crippen MR) is 220 cm³/mol. The third-order valence-electron chi connectivity index (χ3n) is 10.4. The molecule has 308 valence electrons. The molecule has 0 aliphatic carbocycles. The molecule has 0 saturated carbocycles. The van der Waals surface area contributed by atoms with Gasteiger partial charge in [-0.1, -0.05) is 220 Å². The Morgan fingerprint density at radius 2 is 0.519 bits per heavy atom. The van der Waals surface area contributed by atoms with Crippen molar-refractivity contribution in [3.8, 4) is 0 Å². The molecule has 0 saturated heterocycles. The van der Waals surface area contributed by atoms with Crippen LogP contribution in [-0.4, -0.2) is 37.2 Å². The van der Waals surface area contributed by atoms with Gasteiger partial charge in [-0.25, -0.2) is 0 Å². The lowest BCUT2D eigenvalue weighted by Gasteiger charge is -2.18. The highest BCUT2D eigenvalue weighted by atomic mass is 16.6. The molecule has 6 nitrogen and oxygen atoms in total. The molecule has 0 bridgehead atoms. The fourth-order valence-corrected chi connectivity index (χ4v) is 6.85. The maximum atomic E-state index is 12.7. The molecule has 0 spiro atoms. The molecule has 0 rings (SSSR count). The molecule has 0 N–H and O–H groups in total. The summed E-state index contributed by atoms with van der Waals surface area (Å²) in [7, 11) is 0. The molecule has 1 atom stereocenters. The number of hydrogen-bond acceptors (Lipinski definition) is 6. The van der Waals surface area contributed by atoms with E-state index < -0.39 is 6.10 Å². The van der Waals surface area contributed by atoms with Crippen LogP contribution in [0.25, 0.3) is 0 Å². The molecule has 0 aliphatic heterocycles. The summed E-state index contributed by atoms with van der Waals surface area (Å²) in [5.41, 5.74) is 0. The standard InChI is InChI=1S/C46H88O6/c1-4-7-10-13-16-19-22-23-25-28-31-34-37-40-46(49)52-43(41-50-44(47)38-35-32-29-26-21-18-15-12-9-6-3)42-51-45(48)39-36-33-30-27-24-20-17-14-11-8-5-2/h43H,4-42H2,1-3H3/t43-/m1/s1. The van der Waals surface area contributed by atoms with Crippen LogP contribution in [0.4, 0.5) is 0 Å². The van der Waals surface area contributed by atoms with Gasteiger partial charge in [-0.05, 0) is 19.3 Å². The van der Waals surface area contributed by atoms with Crippen LogP contribution in [0.1, 0.15) is 258 Å². The minimum absolute atomic E-state index is 0.0628. The highest BCUT2D eigenvalue weighted by Gasteiger charge is 2.19. The summed E-state index contributed by atoms with van der Waals surface area (Å²) in [4.78, 5) is 37.7. The first-order valence-corrected chi connectivity index (χ1v) is 23.0. The van der Waals surface area contributed by atoms with Crippen LogP contribution in [0.5, 0.6) is 0 Å². The van der Waals surface area contributed by atoms with Crippen molar-refractivity contribution in [2.75, 3.05) is 13.2 Å². The molecule has 0 aliphatic rings. The van der Waals surface area contributed by atoms with Crippen LogP contribution in [0.2, 0.25) is 0 Å². The Morgan fingerprint density at radius 1 is 0.308 bits per heavy atom. The van der Waals surface area contributed by atoms with Crippen LogP contribution in [-0.2, 0) is 28.6 Å². The van der Waals surface area contributed by atoms with Crippen molar-refractivity contribution >= 4 is 17.9 Å². The van der Waals surface area contributed by atoms with E-state index in [1.807, 2.05) is 0 Å². The fraction of sp³-hybridized carbons (Fsp3) is 0.935. The van der Waals surface area contributed by atoms with Crippen molar-refractivity contribution in [2.45, 2.75) is 264 Å². The summed E-state index contributed by atoms with van der Waals surface area (Å²) in [6, 6.07) is 0. The average Bonchev–Trinajstić information content (AvgIpc) is 3.14. The van der Waals surface area contributed by atoms with Gasteiger partial charge in [0.2, 0.25) is 0 Å². The van der Waals surface area contributed by atoms with Gasteiger partial charge in [-0.15, -0.1) is 0 Å². The third kappa shape index (κ3) is 39.6. The molecule has 0 fully saturated rings. The molecule has 0 amide bonds. The summed E-state index contributed by atoms with van der Waals surface area (Å²) in [6.45, 7) is 6.64. The number of carbonyl (C=O) groups excluding carboxylic acids is 3. The van der Waals surface area contributed by atoms with E-state index >= 15 is 0 Å². The summed E-state index contributed by atoms with van der Waals surface area (Å²) in [6.07, 6.45) is 42.2. The van der Waals surface area contributed by atoms with Gasteiger partial charge in [0, 0.05) is 19.3 Å². The lowest BCUT2D eigenvalue weighted by atomic mass is 10.0. The van der Waals surface area contributed by atoms with Crippen LogP contribution in [0.3, 0.4) is 0 Å². The van der Waals surface area contributed by atoms with Gasteiger partial charge >= 0.3 is 17.9 Å². The van der Waals surface area contributed by atoms with Crippen LogP contribution in [0, 0.1) is 0 Å². The highest BCUT2D eigenvalue weighted by Crippen LogP contribution is 2.16. The van der Waals surface area contributed by atoms with Crippen LogP contribution < -0.4 is 0 Å². The van der Waals surface area contributed by atoms with Crippen molar-refractivity contribution in [3.05, 3.63) is 0 Å². The van der Waals surface area contributed by atoms with Crippen molar-refractivity contribution in [2.24, 2.45) is 0 Å². The zero-order valence-electron chi connectivity index (χ0n) is 35.1. The molecule has 0 radical (unpaired) electrons. The van der Waals surface area contributed by atoms with Crippen LogP contribution in [0.15, 0.2) is 0 Å². The number of rotatable bonds is 42. The topological polar surface area (TPSA) is 78.9 Å². The second-order valence-corrected chi connectivity index (χ2v) is 15.7. The Hall–Kier alpha value is -1.59. The Bertz CT molecular complexity index is 768. The minimum Gasteiger partial charge on any atom is -0.462 e. The van der Waals surface area contributed by atoms with Crippen molar-refractivity contribution in [1.82, 2.24) is 0 Å². The van der Waals surface area contributed by atoms with E-state index in [1.54, 1.807) is 0 Å². The normalized spacial score (nSPS) is 11.8. The van der Waals surface area contributed by atoms with E-state index in [9.17, 15) is 14.4 Å². The van der Waals surface area contributed by atoms with E-state index in [-0.39, 0.29) is 31.1 Å². The quantitative estimate of drug-likeness (QED) is 0.0353. The van der Waals surface area contributed by atoms with E-state index in [2.05, 4.69) is 20.8 Å². The SMILES string of the molecule is CCCCCCCCCCCCCCCC(=O)O[C@H](COC(=O)CCCCCCCCCCCC)COC(=O)CCCCCCCCCCCCC. The first-order valence-electron chi connectivity index (χ1n) is 23.0. The minimum atomic E-state index is -0.757. The lowest BCUT2D eigenvalue weighted by Crippen LogP contribution is -2.30. The maximum Gasteiger partial charge on any atom is 0.306 e. The predicted octanol–water partition coefficient (Wildman–Crippen LogP) is 14.5. The molecule has 0 heterocycles. The molecule has 0 unspecified atom stereocenters. The smallest absolute Gasteiger partial charge is 0.306 e. The number of carbonyl (C=O) groups is 3. The van der Waals surface area contributed by atoms with Crippen molar-refractivity contribution in [1.29, 1.82) is 0 Å². The number of hydrogen-bond donors (Lipinski definition) is 0. The summed E-state index contributed by atoms with van der Waals surface area (Å²) in [5, 5.41) is 0. The molecule has 0 aromatic rings.